The molecular weight excluding hydrogens is 312 g/mol. The van der Waals surface area contributed by atoms with E-state index < -0.39 is 0 Å². The summed E-state index contributed by atoms with van der Waals surface area (Å²) in [7, 11) is 0. The molecule has 3 rings (SSSR count). The van der Waals surface area contributed by atoms with Gasteiger partial charge in [0, 0.05) is 5.69 Å². The molecule has 0 radical (unpaired) electrons. The molecule has 24 heavy (non-hydrogen) atoms. The summed E-state index contributed by atoms with van der Waals surface area (Å²) < 4.78 is 0. The van der Waals surface area contributed by atoms with Gasteiger partial charge in [0.1, 0.15) is 0 Å². The summed E-state index contributed by atoms with van der Waals surface area (Å²) in [6, 6.07) is 15.1. The Morgan fingerprint density at radius 1 is 0.958 bits per heavy atom. The zero-order valence-electron chi connectivity index (χ0n) is 14.8. The van der Waals surface area contributed by atoms with E-state index in [2.05, 4.69) is 73.9 Å². The van der Waals surface area contributed by atoms with Crippen molar-refractivity contribution in [3.63, 3.8) is 0 Å². The third-order valence-electron chi connectivity index (χ3n) is 4.95. The third-order valence-corrected chi connectivity index (χ3v) is 5.15. The maximum Gasteiger partial charge on any atom is 0.171 e. The fourth-order valence-electron chi connectivity index (χ4n) is 3.98. The highest BCUT2D eigenvalue weighted by Gasteiger charge is 2.37. The van der Waals surface area contributed by atoms with E-state index in [-0.39, 0.29) is 5.54 Å². The Bertz CT molecular complexity index is 725. The standard InChI is InChI=1S/C21H26N2S/c1-15-12-16(2)14-18(13-15)22-20(24)23-21(10-6-7-11-21)19-9-5-4-8-17(19)3/h4-5,8-9,12-14H,6-7,10-11H2,1-3H3,(H2,22,23,24). The molecule has 2 aromatic carbocycles. The van der Waals surface area contributed by atoms with Crippen molar-refractivity contribution in [1.29, 1.82) is 0 Å². The van der Waals surface area contributed by atoms with Gasteiger partial charge in [-0.1, -0.05) is 43.2 Å². The van der Waals surface area contributed by atoms with E-state index in [1.54, 1.807) is 0 Å². The topological polar surface area (TPSA) is 24.1 Å². The Morgan fingerprint density at radius 3 is 2.21 bits per heavy atom. The first-order valence-electron chi connectivity index (χ1n) is 8.72. The lowest BCUT2D eigenvalue weighted by Crippen LogP contribution is -2.46. The second kappa shape index (κ2) is 6.94. The maximum absolute atomic E-state index is 5.65. The molecule has 126 valence electrons. The fraction of sp³-hybridized carbons (Fsp3) is 0.381. The lowest BCUT2D eigenvalue weighted by atomic mass is 9.85. The second-order valence-electron chi connectivity index (χ2n) is 7.06. The molecule has 1 aliphatic rings. The van der Waals surface area contributed by atoms with Crippen molar-refractivity contribution in [3.05, 3.63) is 64.7 Å². The van der Waals surface area contributed by atoms with E-state index in [4.69, 9.17) is 12.2 Å². The third kappa shape index (κ3) is 3.62. The largest absolute Gasteiger partial charge is 0.353 e. The molecule has 2 N–H and O–H groups in total. The second-order valence-corrected chi connectivity index (χ2v) is 7.47. The van der Waals surface area contributed by atoms with Crippen molar-refractivity contribution in [3.8, 4) is 0 Å². The zero-order chi connectivity index (χ0) is 17.2. The van der Waals surface area contributed by atoms with Gasteiger partial charge in [-0.3, -0.25) is 0 Å². The molecule has 0 unspecified atom stereocenters. The average Bonchev–Trinajstić information content (AvgIpc) is 2.95. The molecule has 0 saturated heterocycles. The summed E-state index contributed by atoms with van der Waals surface area (Å²) in [4.78, 5) is 0. The summed E-state index contributed by atoms with van der Waals surface area (Å²) in [6.45, 7) is 6.42. The van der Waals surface area contributed by atoms with Crippen LogP contribution in [0.1, 0.15) is 47.9 Å². The van der Waals surface area contributed by atoms with Gasteiger partial charge in [-0.05, 0) is 80.2 Å². The Morgan fingerprint density at radius 2 is 1.58 bits per heavy atom. The molecule has 0 bridgehead atoms. The first-order valence-corrected chi connectivity index (χ1v) is 9.13. The Kier molecular flexibility index (Phi) is 4.91. The van der Waals surface area contributed by atoms with Gasteiger partial charge in [0.2, 0.25) is 0 Å². The van der Waals surface area contributed by atoms with Crippen LogP contribution in [0.15, 0.2) is 42.5 Å². The van der Waals surface area contributed by atoms with Gasteiger partial charge in [-0.15, -0.1) is 0 Å². The van der Waals surface area contributed by atoms with Crippen LogP contribution < -0.4 is 10.6 Å². The molecular formula is C21H26N2S. The molecule has 0 amide bonds. The smallest absolute Gasteiger partial charge is 0.171 e. The monoisotopic (exact) mass is 338 g/mol. The van der Waals surface area contributed by atoms with E-state index in [1.807, 2.05) is 0 Å². The molecule has 0 atom stereocenters. The highest BCUT2D eigenvalue weighted by atomic mass is 32.1. The number of hydrogen-bond acceptors (Lipinski definition) is 1. The molecule has 1 saturated carbocycles. The SMILES string of the molecule is Cc1cc(C)cc(NC(=S)NC2(c3ccccc3C)CCCC2)c1. The number of thiocarbonyl (C=S) groups is 1. The molecule has 0 spiro atoms. The average molecular weight is 339 g/mol. The van der Waals surface area contributed by atoms with Gasteiger partial charge < -0.3 is 10.6 Å². The molecule has 0 aromatic heterocycles. The van der Waals surface area contributed by atoms with Crippen LogP contribution >= 0.6 is 12.2 Å². The van der Waals surface area contributed by atoms with Crippen LogP contribution in [0.3, 0.4) is 0 Å². The summed E-state index contributed by atoms with van der Waals surface area (Å²) in [5.41, 5.74) is 6.23. The number of nitrogens with one attached hydrogen (secondary N) is 2. The zero-order valence-corrected chi connectivity index (χ0v) is 15.6. The van der Waals surface area contributed by atoms with Crippen molar-refractivity contribution < 1.29 is 0 Å². The Labute approximate surface area is 150 Å². The van der Waals surface area contributed by atoms with Crippen LogP contribution in [-0.4, -0.2) is 5.11 Å². The van der Waals surface area contributed by atoms with E-state index in [0.29, 0.717) is 5.11 Å². The van der Waals surface area contributed by atoms with Gasteiger partial charge in [-0.2, -0.15) is 0 Å². The van der Waals surface area contributed by atoms with Crippen molar-refractivity contribution in [2.45, 2.75) is 52.0 Å². The predicted octanol–water partition coefficient (Wildman–Crippen LogP) is 5.37. The van der Waals surface area contributed by atoms with Crippen LogP contribution in [0.2, 0.25) is 0 Å². The van der Waals surface area contributed by atoms with Crippen molar-refractivity contribution in [2.75, 3.05) is 5.32 Å². The summed E-state index contributed by atoms with van der Waals surface area (Å²) in [5.74, 6) is 0. The van der Waals surface area contributed by atoms with Crippen LogP contribution in [0.4, 0.5) is 5.69 Å². The van der Waals surface area contributed by atoms with Crippen LogP contribution in [0.5, 0.6) is 0 Å². The first kappa shape index (κ1) is 17.0. The number of aryl methyl sites for hydroxylation is 3. The molecule has 2 nitrogen and oxygen atoms in total. The highest BCUT2D eigenvalue weighted by Crippen LogP contribution is 2.40. The Hall–Kier alpha value is -1.87. The quantitative estimate of drug-likeness (QED) is 0.736. The van der Waals surface area contributed by atoms with Crippen LogP contribution in [0, 0.1) is 20.8 Å². The normalized spacial score (nSPS) is 16.0. The van der Waals surface area contributed by atoms with Crippen LogP contribution in [0.25, 0.3) is 0 Å². The van der Waals surface area contributed by atoms with Crippen LogP contribution in [-0.2, 0) is 5.54 Å². The molecule has 0 heterocycles. The maximum atomic E-state index is 5.65. The van der Waals surface area contributed by atoms with Crippen molar-refractivity contribution in [2.24, 2.45) is 0 Å². The molecule has 3 heteroatoms. The fourth-order valence-corrected chi connectivity index (χ4v) is 4.29. The van der Waals surface area contributed by atoms with Gasteiger partial charge in [0.05, 0.1) is 5.54 Å². The summed E-state index contributed by atoms with van der Waals surface area (Å²) in [6.07, 6.45) is 4.75. The molecule has 0 aliphatic heterocycles. The summed E-state index contributed by atoms with van der Waals surface area (Å²) >= 11 is 5.65. The molecule has 2 aromatic rings. The van der Waals surface area contributed by atoms with E-state index in [1.165, 1.54) is 35.1 Å². The minimum Gasteiger partial charge on any atom is -0.353 e. The summed E-state index contributed by atoms with van der Waals surface area (Å²) in [5, 5.41) is 7.76. The Balaban J connectivity index is 1.81. The van der Waals surface area contributed by atoms with Gasteiger partial charge in [-0.25, -0.2) is 0 Å². The molecule has 1 fully saturated rings. The number of hydrogen-bond donors (Lipinski definition) is 2. The highest BCUT2D eigenvalue weighted by molar-refractivity contribution is 7.80. The lowest BCUT2D eigenvalue weighted by molar-refractivity contribution is 0.406. The number of anilines is 1. The number of rotatable bonds is 3. The minimum atomic E-state index is -0.0334. The van der Waals surface area contributed by atoms with Crippen molar-refractivity contribution >= 4 is 23.0 Å². The van der Waals surface area contributed by atoms with E-state index >= 15 is 0 Å². The minimum absolute atomic E-state index is 0.0334. The van der Waals surface area contributed by atoms with E-state index in [0.717, 1.165) is 18.5 Å². The number of benzene rings is 2. The van der Waals surface area contributed by atoms with Gasteiger partial charge >= 0.3 is 0 Å². The van der Waals surface area contributed by atoms with Crippen molar-refractivity contribution in [1.82, 2.24) is 5.32 Å². The van der Waals surface area contributed by atoms with E-state index in [9.17, 15) is 0 Å². The predicted molar refractivity (Wildman–Crippen MR) is 107 cm³/mol. The lowest BCUT2D eigenvalue weighted by Gasteiger charge is -2.34. The molecule has 1 aliphatic carbocycles. The van der Waals surface area contributed by atoms with Gasteiger partial charge in [0.25, 0.3) is 0 Å². The van der Waals surface area contributed by atoms with Gasteiger partial charge in [0.15, 0.2) is 5.11 Å². The first-order chi connectivity index (χ1) is 11.5.